The van der Waals surface area contributed by atoms with Crippen LogP contribution in [0.4, 0.5) is 0 Å². The molecule has 0 saturated carbocycles. The number of hydrogen-bond donors (Lipinski definition) is 2. The molecule has 86 valence electrons. The molecule has 0 unspecified atom stereocenters. The van der Waals surface area contributed by atoms with Gasteiger partial charge in [-0.25, -0.2) is 0 Å². The molecule has 0 atom stereocenters. The molecule has 0 fully saturated rings. The Labute approximate surface area is 97.5 Å². The second kappa shape index (κ2) is 4.67. The van der Waals surface area contributed by atoms with Crippen LogP contribution in [0, 0.1) is 0 Å². The quantitative estimate of drug-likeness (QED) is 0.790. The van der Waals surface area contributed by atoms with Crippen LogP contribution < -0.4 is 5.32 Å². The van der Waals surface area contributed by atoms with E-state index in [1.54, 1.807) is 11.3 Å². The summed E-state index contributed by atoms with van der Waals surface area (Å²) in [5.74, 6) is -0.0839. The number of fused-ring (bicyclic) bond motifs is 1. The molecule has 2 heterocycles. The number of nitrogens with one attached hydrogen (secondary N) is 1. The summed E-state index contributed by atoms with van der Waals surface area (Å²) in [5, 5.41) is 13.4. The van der Waals surface area contributed by atoms with Crippen LogP contribution in [-0.4, -0.2) is 28.7 Å². The van der Waals surface area contributed by atoms with Crippen molar-refractivity contribution in [2.24, 2.45) is 7.05 Å². The highest BCUT2D eigenvalue weighted by Crippen LogP contribution is 2.23. The van der Waals surface area contributed by atoms with Gasteiger partial charge in [0.15, 0.2) is 0 Å². The minimum absolute atomic E-state index is 0.0839. The van der Waals surface area contributed by atoms with E-state index in [0.29, 0.717) is 18.7 Å². The molecule has 5 heteroatoms. The number of carbonyl (C=O) groups is 1. The van der Waals surface area contributed by atoms with Crippen molar-refractivity contribution in [3.8, 4) is 0 Å². The van der Waals surface area contributed by atoms with Crippen LogP contribution in [0.25, 0.3) is 10.2 Å². The van der Waals surface area contributed by atoms with Crippen molar-refractivity contribution in [1.82, 2.24) is 9.88 Å². The molecule has 2 aromatic heterocycles. The predicted octanol–water partition coefficient (Wildman–Crippen LogP) is 1.35. The minimum Gasteiger partial charge on any atom is -0.396 e. The van der Waals surface area contributed by atoms with Crippen molar-refractivity contribution in [3.05, 3.63) is 23.2 Å². The summed E-state index contributed by atoms with van der Waals surface area (Å²) in [7, 11) is 1.88. The SMILES string of the molecule is Cn1c(C(=O)NCCCO)cc2sccc21. The van der Waals surface area contributed by atoms with Crippen molar-refractivity contribution in [3.63, 3.8) is 0 Å². The second-order valence-corrected chi connectivity index (χ2v) is 4.54. The largest absolute Gasteiger partial charge is 0.396 e. The van der Waals surface area contributed by atoms with E-state index in [1.165, 1.54) is 0 Å². The first-order valence-electron chi connectivity index (χ1n) is 5.16. The van der Waals surface area contributed by atoms with E-state index in [9.17, 15) is 4.79 Å². The van der Waals surface area contributed by atoms with E-state index in [1.807, 2.05) is 29.1 Å². The average molecular weight is 238 g/mol. The van der Waals surface area contributed by atoms with Gasteiger partial charge in [-0.05, 0) is 23.9 Å². The van der Waals surface area contributed by atoms with Gasteiger partial charge in [0.1, 0.15) is 5.69 Å². The molecule has 0 bridgehead atoms. The third-order valence-corrected chi connectivity index (χ3v) is 3.37. The Hall–Kier alpha value is -1.33. The van der Waals surface area contributed by atoms with E-state index >= 15 is 0 Å². The van der Waals surface area contributed by atoms with E-state index in [0.717, 1.165) is 10.2 Å². The Bertz CT molecular complexity index is 501. The number of nitrogens with zero attached hydrogens (tertiary/aromatic N) is 1. The predicted molar refractivity (Wildman–Crippen MR) is 64.8 cm³/mol. The zero-order valence-corrected chi connectivity index (χ0v) is 9.88. The van der Waals surface area contributed by atoms with Crippen molar-refractivity contribution in [2.75, 3.05) is 13.2 Å². The lowest BCUT2D eigenvalue weighted by Crippen LogP contribution is -2.26. The number of aromatic nitrogens is 1. The van der Waals surface area contributed by atoms with E-state index in [-0.39, 0.29) is 12.5 Å². The molecule has 4 nitrogen and oxygen atoms in total. The molecule has 0 saturated heterocycles. The summed E-state index contributed by atoms with van der Waals surface area (Å²) >= 11 is 1.63. The van der Waals surface area contributed by atoms with Crippen LogP contribution in [0.15, 0.2) is 17.5 Å². The number of rotatable bonds is 4. The van der Waals surface area contributed by atoms with Crippen LogP contribution in [-0.2, 0) is 7.05 Å². The van der Waals surface area contributed by atoms with Gasteiger partial charge in [-0.2, -0.15) is 0 Å². The summed E-state index contributed by atoms with van der Waals surface area (Å²) in [4.78, 5) is 11.8. The summed E-state index contributed by atoms with van der Waals surface area (Å²) < 4.78 is 3.01. The Morgan fingerprint density at radius 3 is 3.12 bits per heavy atom. The van der Waals surface area contributed by atoms with Gasteiger partial charge in [-0.15, -0.1) is 11.3 Å². The average Bonchev–Trinajstić information content (AvgIpc) is 2.82. The van der Waals surface area contributed by atoms with Gasteiger partial charge in [0.05, 0.1) is 10.2 Å². The highest BCUT2D eigenvalue weighted by molar-refractivity contribution is 7.17. The summed E-state index contributed by atoms with van der Waals surface area (Å²) in [6.45, 7) is 0.608. The van der Waals surface area contributed by atoms with Crippen LogP contribution in [0.5, 0.6) is 0 Å². The van der Waals surface area contributed by atoms with Crippen LogP contribution >= 0.6 is 11.3 Å². The fourth-order valence-corrected chi connectivity index (χ4v) is 2.49. The third kappa shape index (κ3) is 1.96. The monoisotopic (exact) mass is 238 g/mol. The molecule has 2 N–H and O–H groups in total. The summed E-state index contributed by atoms with van der Waals surface area (Å²) in [6.07, 6.45) is 0.588. The van der Waals surface area contributed by atoms with Crippen LogP contribution in [0.1, 0.15) is 16.9 Å². The molecular weight excluding hydrogens is 224 g/mol. The molecule has 0 aromatic carbocycles. The Morgan fingerprint density at radius 2 is 2.44 bits per heavy atom. The summed E-state index contributed by atoms with van der Waals surface area (Å²) in [5.41, 5.74) is 1.75. The first kappa shape index (κ1) is 11.2. The standard InChI is InChI=1S/C11H14N2O2S/c1-13-8-3-6-16-10(8)7-9(13)11(15)12-4-2-5-14/h3,6-7,14H,2,4-5H2,1H3,(H,12,15). The normalized spacial score (nSPS) is 10.9. The summed E-state index contributed by atoms with van der Waals surface area (Å²) in [6, 6.07) is 3.90. The van der Waals surface area contributed by atoms with Gasteiger partial charge >= 0.3 is 0 Å². The Morgan fingerprint density at radius 1 is 1.62 bits per heavy atom. The van der Waals surface area contributed by atoms with E-state index in [2.05, 4.69) is 5.32 Å². The highest BCUT2D eigenvalue weighted by atomic mass is 32.1. The van der Waals surface area contributed by atoms with E-state index in [4.69, 9.17) is 5.11 Å². The van der Waals surface area contributed by atoms with Crippen LogP contribution in [0.3, 0.4) is 0 Å². The Balaban J connectivity index is 2.16. The fourth-order valence-electron chi connectivity index (χ4n) is 1.64. The molecule has 0 spiro atoms. The van der Waals surface area contributed by atoms with Crippen LogP contribution in [0.2, 0.25) is 0 Å². The van der Waals surface area contributed by atoms with E-state index < -0.39 is 0 Å². The molecule has 2 aromatic rings. The number of aryl methyl sites for hydroxylation is 1. The van der Waals surface area contributed by atoms with Gasteiger partial charge in [-0.1, -0.05) is 0 Å². The van der Waals surface area contributed by atoms with Crippen molar-refractivity contribution in [2.45, 2.75) is 6.42 Å². The van der Waals surface area contributed by atoms with Crippen molar-refractivity contribution >= 4 is 27.5 Å². The number of amides is 1. The minimum atomic E-state index is -0.0839. The number of aliphatic hydroxyl groups is 1. The highest BCUT2D eigenvalue weighted by Gasteiger charge is 2.12. The number of hydrogen-bond acceptors (Lipinski definition) is 3. The maximum Gasteiger partial charge on any atom is 0.267 e. The first-order valence-corrected chi connectivity index (χ1v) is 6.04. The maximum atomic E-state index is 11.8. The molecular formula is C11H14N2O2S. The molecule has 0 radical (unpaired) electrons. The van der Waals surface area contributed by atoms with Crippen molar-refractivity contribution < 1.29 is 9.90 Å². The van der Waals surface area contributed by atoms with Gasteiger partial charge in [0.2, 0.25) is 0 Å². The molecule has 0 aliphatic heterocycles. The molecule has 1 amide bonds. The molecule has 16 heavy (non-hydrogen) atoms. The molecule has 0 aliphatic carbocycles. The smallest absolute Gasteiger partial charge is 0.267 e. The fraction of sp³-hybridized carbons (Fsp3) is 0.364. The first-order chi connectivity index (χ1) is 7.74. The lowest BCUT2D eigenvalue weighted by atomic mass is 10.3. The van der Waals surface area contributed by atoms with Crippen molar-refractivity contribution in [1.29, 1.82) is 0 Å². The Kier molecular flexibility index (Phi) is 3.26. The van der Waals surface area contributed by atoms with Gasteiger partial charge in [0, 0.05) is 20.2 Å². The molecule has 0 aliphatic rings. The number of carbonyl (C=O) groups excluding carboxylic acids is 1. The number of thiophene rings is 1. The topological polar surface area (TPSA) is 54.3 Å². The number of aliphatic hydroxyl groups excluding tert-OH is 1. The zero-order chi connectivity index (χ0) is 11.5. The second-order valence-electron chi connectivity index (χ2n) is 3.59. The van der Waals surface area contributed by atoms with Gasteiger partial charge < -0.3 is 15.0 Å². The zero-order valence-electron chi connectivity index (χ0n) is 9.06. The third-order valence-electron chi connectivity index (χ3n) is 2.52. The molecule has 2 rings (SSSR count). The maximum absolute atomic E-state index is 11.8. The van der Waals surface area contributed by atoms with Gasteiger partial charge in [0.25, 0.3) is 5.91 Å². The van der Waals surface area contributed by atoms with Gasteiger partial charge in [-0.3, -0.25) is 4.79 Å². The lowest BCUT2D eigenvalue weighted by molar-refractivity contribution is 0.0943. The lowest BCUT2D eigenvalue weighted by Gasteiger charge is -2.05.